The molecular weight excluding hydrogens is 478 g/mol. The molecule has 0 saturated carbocycles. The second-order valence-corrected chi connectivity index (χ2v) is 11.1. The fraction of sp³-hybridized carbons (Fsp3) is 0.0556. The third-order valence-corrected chi connectivity index (χ3v) is 8.68. The Labute approximate surface area is 226 Å². The molecule has 6 aromatic carbocycles. The second kappa shape index (κ2) is 9.57. The van der Waals surface area contributed by atoms with Crippen molar-refractivity contribution in [2.45, 2.75) is 12.5 Å². The van der Waals surface area contributed by atoms with E-state index in [-0.39, 0.29) is 6.04 Å². The predicted molar refractivity (Wildman–Crippen MR) is 165 cm³/mol. The predicted octanol–water partition coefficient (Wildman–Crippen LogP) is 9.78. The van der Waals surface area contributed by atoms with Crippen LogP contribution in [0.1, 0.15) is 17.2 Å². The second-order valence-electron chi connectivity index (χ2n) is 9.97. The standard InChI is InChI=1S/C36H27NS/c37-33(22-24-12-14-26(15-13-24)30-21-16-25-6-1-2-7-29(25)23-30)28-19-17-27(18-20-28)31-9-5-11-35-36(31)32-8-3-4-10-34(32)38-35/h1-21,23,33H,22,37H2. The highest BCUT2D eigenvalue weighted by Gasteiger charge is 2.12. The summed E-state index contributed by atoms with van der Waals surface area (Å²) in [4.78, 5) is 0. The van der Waals surface area contributed by atoms with Gasteiger partial charge in [-0.15, -0.1) is 11.3 Å². The molecule has 0 fully saturated rings. The topological polar surface area (TPSA) is 26.0 Å². The molecule has 0 radical (unpaired) electrons. The Bertz CT molecular complexity index is 1900. The van der Waals surface area contributed by atoms with Crippen molar-refractivity contribution >= 4 is 42.3 Å². The van der Waals surface area contributed by atoms with Gasteiger partial charge in [0.05, 0.1) is 0 Å². The van der Waals surface area contributed by atoms with E-state index in [9.17, 15) is 0 Å². The van der Waals surface area contributed by atoms with Gasteiger partial charge in [-0.2, -0.15) is 0 Å². The molecule has 0 saturated heterocycles. The summed E-state index contributed by atoms with van der Waals surface area (Å²) in [6.07, 6.45) is 0.808. The van der Waals surface area contributed by atoms with Crippen molar-refractivity contribution in [3.8, 4) is 22.3 Å². The van der Waals surface area contributed by atoms with Crippen molar-refractivity contribution < 1.29 is 0 Å². The van der Waals surface area contributed by atoms with Gasteiger partial charge in [-0.25, -0.2) is 0 Å². The lowest BCUT2D eigenvalue weighted by atomic mass is 9.94. The van der Waals surface area contributed by atoms with E-state index in [1.807, 2.05) is 11.3 Å². The Morgan fingerprint density at radius 2 is 1.24 bits per heavy atom. The molecular formula is C36H27NS. The van der Waals surface area contributed by atoms with Crippen molar-refractivity contribution in [3.05, 3.63) is 145 Å². The molecule has 0 bridgehead atoms. The zero-order valence-corrected chi connectivity index (χ0v) is 21.8. The lowest BCUT2D eigenvalue weighted by Gasteiger charge is -2.14. The summed E-state index contributed by atoms with van der Waals surface area (Å²) in [5, 5.41) is 5.21. The van der Waals surface area contributed by atoms with E-state index >= 15 is 0 Å². The van der Waals surface area contributed by atoms with Gasteiger partial charge in [0.1, 0.15) is 0 Å². The minimum atomic E-state index is -0.0478. The zero-order chi connectivity index (χ0) is 25.5. The lowest BCUT2D eigenvalue weighted by molar-refractivity contribution is 0.722. The summed E-state index contributed by atoms with van der Waals surface area (Å²) in [6, 6.07) is 48.1. The van der Waals surface area contributed by atoms with Gasteiger partial charge in [0.2, 0.25) is 0 Å². The summed E-state index contributed by atoms with van der Waals surface area (Å²) in [7, 11) is 0. The van der Waals surface area contributed by atoms with Crippen LogP contribution in [0.3, 0.4) is 0 Å². The van der Waals surface area contributed by atoms with Crippen molar-refractivity contribution in [1.29, 1.82) is 0 Å². The van der Waals surface area contributed by atoms with E-state index in [1.165, 1.54) is 58.8 Å². The van der Waals surface area contributed by atoms with Crippen LogP contribution < -0.4 is 5.73 Å². The van der Waals surface area contributed by atoms with Crippen LogP contribution in [0.25, 0.3) is 53.2 Å². The Morgan fingerprint density at radius 1 is 0.553 bits per heavy atom. The summed E-state index contributed by atoms with van der Waals surface area (Å²) >= 11 is 1.86. The van der Waals surface area contributed by atoms with Crippen LogP contribution in [0.5, 0.6) is 0 Å². The Balaban J connectivity index is 1.11. The van der Waals surface area contributed by atoms with Crippen molar-refractivity contribution in [1.82, 2.24) is 0 Å². The largest absolute Gasteiger partial charge is 0.324 e. The first-order chi connectivity index (χ1) is 18.7. The molecule has 0 amide bonds. The van der Waals surface area contributed by atoms with E-state index in [2.05, 4.69) is 133 Å². The smallest absolute Gasteiger partial charge is 0.0361 e. The molecule has 2 N–H and O–H groups in total. The molecule has 7 aromatic rings. The number of fused-ring (bicyclic) bond motifs is 4. The molecule has 1 atom stereocenters. The average Bonchev–Trinajstić information content (AvgIpc) is 3.36. The first-order valence-electron chi connectivity index (χ1n) is 13.1. The van der Waals surface area contributed by atoms with Crippen LogP contribution in [0.2, 0.25) is 0 Å². The van der Waals surface area contributed by atoms with Crippen LogP contribution in [0.4, 0.5) is 0 Å². The minimum absolute atomic E-state index is 0.0478. The molecule has 0 spiro atoms. The maximum atomic E-state index is 6.68. The summed E-state index contributed by atoms with van der Waals surface area (Å²) in [5.74, 6) is 0. The van der Waals surface area contributed by atoms with Crippen LogP contribution in [0.15, 0.2) is 133 Å². The van der Waals surface area contributed by atoms with Crippen LogP contribution >= 0.6 is 11.3 Å². The van der Waals surface area contributed by atoms with Crippen LogP contribution in [0, 0.1) is 0 Å². The SMILES string of the molecule is NC(Cc1ccc(-c2ccc3ccccc3c2)cc1)c1ccc(-c2cccc3sc4ccccc4c23)cc1. The first-order valence-corrected chi connectivity index (χ1v) is 13.9. The molecule has 1 heterocycles. The van der Waals surface area contributed by atoms with Crippen LogP contribution in [-0.4, -0.2) is 0 Å². The van der Waals surface area contributed by atoms with E-state index in [0.717, 1.165) is 12.0 Å². The van der Waals surface area contributed by atoms with E-state index < -0.39 is 0 Å². The van der Waals surface area contributed by atoms with Crippen LogP contribution in [-0.2, 0) is 6.42 Å². The molecule has 7 rings (SSSR count). The van der Waals surface area contributed by atoms with Crippen molar-refractivity contribution in [2.24, 2.45) is 5.73 Å². The third-order valence-electron chi connectivity index (χ3n) is 7.54. The van der Waals surface area contributed by atoms with Gasteiger partial charge in [0, 0.05) is 26.2 Å². The average molecular weight is 506 g/mol. The summed E-state index contributed by atoms with van der Waals surface area (Å²) in [5.41, 5.74) is 14.1. The summed E-state index contributed by atoms with van der Waals surface area (Å²) < 4.78 is 2.66. The molecule has 0 aliphatic carbocycles. The highest BCUT2D eigenvalue weighted by Crippen LogP contribution is 2.40. The highest BCUT2D eigenvalue weighted by molar-refractivity contribution is 7.25. The van der Waals surface area contributed by atoms with E-state index in [1.54, 1.807) is 0 Å². The Hall–Kier alpha value is -4.24. The quantitative estimate of drug-likeness (QED) is 0.247. The maximum absolute atomic E-state index is 6.68. The number of benzene rings is 6. The number of thiophene rings is 1. The Kier molecular flexibility index (Phi) is 5.77. The number of hydrogen-bond acceptors (Lipinski definition) is 2. The van der Waals surface area contributed by atoms with Gasteiger partial charge >= 0.3 is 0 Å². The lowest BCUT2D eigenvalue weighted by Crippen LogP contribution is -2.13. The molecule has 0 aliphatic rings. The van der Waals surface area contributed by atoms with Crippen molar-refractivity contribution in [3.63, 3.8) is 0 Å². The van der Waals surface area contributed by atoms with Gasteiger partial charge in [-0.05, 0) is 68.8 Å². The third kappa shape index (κ3) is 4.18. The fourth-order valence-corrected chi connectivity index (χ4v) is 6.63. The first kappa shape index (κ1) is 22.9. The molecule has 1 aromatic heterocycles. The van der Waals surface area contributed by atoms with Gasteiger partial charge in [0.15, 0.2) is 0 Å². The Morgan fingerprint density at radius 3 is 2.08 bits per heavy atom. The monoisotopic (exact) mass is 505 g/mol. The van der Waals surface area contributed by atoms with E-state index in [4.69, 9.17) is 5.73 Å². The molecule has 1 unspecified atom stereocenters. The number of rotatable bonds is 5. The van der Waals surface area contributed by atoms with Gasteiger partial charge < -0.3 is 5.73 Å². The fourth-order valence-electron chi connectivity index (χ4n) is 5.50. The highest BCUT2D eigenvalue weighted by atomic mass is 32.1. The number of hydrogen-bond donors (Lipinski definition) is 1. The van der Waals surface area contributed by atoms with E-state index in [0.29, 0.717) is 0 Å². The molecule has 0 aliphatic heterocycles. The summed E-state index contributed by atoms with van der Waals surface area (Å²) in [6.45, 7) is 0. The molecule has 1 nitrogen and oxygen atoms in total. The molecule has 182 valence electrons. The van der Waals surface area contributed by atoms with Gasteiger partial charge in [-0.1, -0.05) is 115 Å². The minimum Gasteiger partial charge on any atom is -0.324 e. The number of nitrogens with two attached hydrogens (primary N) is 1. The van der Waals surface area contributed by atoms with Gasteiger partial charge in [0.25, 0.3) is 0 Å². The molecule has 2 heteroatoms. The van der Waals surface area contributed by atoms with Crippen molar-refractivity contribution in [2.75, 3.05) is 0 Å². The van der Waals surface area contributed by atoms with Gasteiger partial charge in [-0.3, -0.25) is 0 Å². The molecule has 38 heavy (non-hydrogen) atoms. The maximum Gasteiger partial charge on any atom is 0.0361 e. The zero-order valence-electron chi connectivity index (χ0n) is 21.0. The normalized spacial score (nSPS) is 12.3.